The molecule has 1 aliphatic heterocycles. The first-order valence-corrected chi connectivity index (χ1v) is 13.2. The number of fused-ring (bicyclic) bond motifs is 1. The van der Waals surface area contributed by atoms with Gasteiger partial charge in [0.15, 0.2) is 9.84 Å². The Hall–Kier alpha value is -3.27. The van der Waals surface area contributed by atoms with Gasteiger partial charge in [0.2, 0.25) is 5.95 Å². The summed E-state index contributed by atoms with van der Waals surface area (Å²) in [6, 6.07) is 15.1. The van der Waals surface area contributed by atoms with Crippen LogP contribution in [0.2, 0.25) is 0 Å². The molecule has 0 spiro atoms. The minimum atomic E-state index is -3.24. The number of sulfone groups is 1. The van der Waals surface area contributed by atoms with Gasteiger partial charge < -0.3 is 15.2 Å². The van der Waals surface area contributed by atoms with Gasteiger partial charge in [0.25, 0.3) is 0 Å². The van der Waals surface area contributed by atoms with Crippen LogP contribution in [0.1, 0.15) is 11.1 Å². The number of nitrogens with one attached hydrogen (secondary N) is 2. The van der Waals surface area contributed by atoms with E-state index in [9.17, 15) is 8.42 Å². The van der Waals surface area contributed by atoms with Crippen LogP contribution in [0.25, 0.3) is 16.7 Å². The van der Waals surface area contributed by atoms with E-state index in [1.807, 2.05) is 22.9 Å². The Balaban J connectivity index is 1.40. The van der Waals surface area contributed by atoms with Crippen molar-refractivity contribution < 1.29 is 8.42 Å². The Kier molecular flexibility index (Phi) is 6.07. The number of benzene rings is 2. The van der Waals surface area contributed by atoms with Gasteiger partial charge in [-0.15, -0.1) is 0 Å². The van der Waals surface area contributed by atoms with E-state index in [2.05, 4.69) is 39.6 Å². The summed E-state index contributed by atoms with van der Waals surface area (Å²) in [6.07, 6.45) is 4.91. The average Bonchev–Trinajstić information content (AvgIpc) is 3.25. The second-order valence-electron chi connectivity index (χ2n) is 8.72. The van der Waals surface area contributed by atoms with Crippen molar-refractivity contribution in [1.82, 2.24) is 24.8 Å². The maximum absolute atomic E-state index is 11.8. The lowest BCUT2D eigenvalue weighted by molar-refractivity contribution is 0.233. The third-order valence-electron chi connectivity index (χ3n) is 6.18. The largest absolute Gasteiger partial charge is 0.324 e. The summed E-state index contributed by atoms with van der Waals surface area (Å²) in [5, 5.41) is 7.65. The third-order valence-corrected chi connectivity index (χ3v) is 7.31. The summed E-state index contributed by atoms with van der Waals surface area (Å²) >= 11 is 0. The van der Waals surface area contributed by atoms with Gasteiger partial charge in [-0.2, -0.15) is 4.98 Å². The highest BCUT2D eigenvalue weighted by atomic mass is 32.2. The van der Waals surface area contributed by atoms with E-state index < -0.39 is 9.84 Å². The topological polar surface area (TPSA) is 92.1 Å². The van der Waals surface area contributed by atoms with Crippen molar-refractivity contribution in [2.24, 2.45) is 0 Å². The van der Waals surface area contributed by atoms with Crippen molar-refractivity contribution in [3.8, 4) is 5.69 Å². The first-order valence-electron chi connectivity index (χ1n) is 11.3. The van der Waals surface area contributed by atoms with Crippen molar-refractivity contribution in [2.75, 3.05) is 37.8 Å². The van der Waals surface area contributed by atoms with Gasteiger partial charge in [-0.25, -0.2) is 13.4 Å². The van der Waals surface area contributed by atoms with Gasteiger partial charge in [-0.1, -0.05) is 6.07 Å². The predicted molar refractivity (Wildman–Crippen MR) is 135 cm³/mol. The number of rotatable bonds is 6. The molecule has 2 N–H and O–H groups in total. The quantitative estimate of drug-likeness (QED) is 0.441. The molecule has 34 heavy (non-hydrogen) atoms. The van der Waals surface area contributed by atoms with Gasteiger partial charge in [-0.05, 0) is 60.5 Å². The highest BCUT2D eigenvalue weighted by Crippen LogP contribution is 2.24. The SMILES string of the molecule is Cc1ccc(Nc2ncc3ccn(-c4ccc(S(C)(=O)=O)cc4)c3n2)cc1CN1CCNCC1. The van der Waals surface area contributed by atoms with E-state index in [0.717, 1.165) is 55.1 Å². The Morgan fingerprint density at radius 2 is 1.82 bits per heavy atom. The number of hydrogen-bond acceptors (Lipinski definition) is 7. The first-order chi connectivity index (χ1) is 16.4. The van der Waals surface area contributed by atoms with Gasteiger partial charge >= 0.3 is 0 Å². The number of aryl methyl sites for hydroxylation is 1. The van der Waals surface area contributed by atoms with Crippen LogP contribution in [0, 0.1) is 6.92 Å². The Bertz CT molecular complexity index is 1420. The van der Waals surface area contributed by atoms with Crippen molar-refractivity contribution in [2.45, 2.75) is 18.4 Å². The third kappa shape index (κ3) is 4.82. The molecule has 1 fully saturated rings. The highest BCUT2D eigenvalue weighted by molar-refractivity contribution is 7.90. The zero-order valence-electron chi connectivity index (χ0n) is 19.3. The van der Waals surface area contributed by atoms with Crippen LogP contribution in [-0.2, 0) is 16.4 Å². The van der Waals surface area contributed by atoms with Crippen LogP contribution in [0.5, 0.6) is 0 Å². The summed E-state index contributed by atoms with van der Waals surface area (Å²) in [4.78, 5) is 12.0. The molecule has 176 valence electrons. The molecule has 0 aliphatic carbocycles. The highest BCUT2D eigenvalue weighted by Gasteiger charge is 2.13. The second kappa shape index (κ2) is 9.17. The van der Waals surface area contributed by atoms with E-state index in [0.29, 0.717) is 10.8 Å². The molecule has 4 aromatic rings. The molecular formula is C25H28N6O2S. The average molecular weight is 477 g/mol. The zero-order valence-corrected chi connectivity index (χ0v) is 20.1. The maximum Gasteiger partial charge on any atom is 0.229 e. The summed E-state index contributed by atoms with van der Waals surface area (Å²) in [5.41, 5.74) is 5.10. The zero-order chi connectivity index (χ0) is 23.7. The molecule has 0 saturated carbocycles. The van der Waals surface area contributed by atoms with Gasteiger partial charge in [-0.3, -0.25) is 4.90 Å². The van der Waals surface area contributed by atoms with E-state index in [1.54, 1.807) is 30.5 Å². The maximum atomic E-state index is 11.8. The molecule has 0 radical (unpaired) electrons. The number of hydrogen-bond donors (Lipinski definition) is 2. The van der Waals surface area contributed by atoms with Gasteiger partial charge in [0.05, 0.1) is 4.90 Å². The molecule has 0 amide bonds. The molecule has 0 unspecified atom stereocenters. The van der Waals surface area contributed by atoms with Crippen LogP contribution in [0.3, 0.4) is 0 Å². The second-order valence-corrected chi connectivity index (χ2v) is 10.7. The molecule has 2 aromatic heterocycles. The summed E-state index contributed by atoms with van der Waals surface area (Å²) in [5.74, 6) is 0.511. The normalized spacial score (nSPS) is 15.0. The minimum absolute atomic E-state index is 0.292. The number of aromatic nitrogens is 3. The number of piperazine rings is 1. The Morgan fingerprint density at radius 1 is 1.06 bits per heavy atom. The smallest absolute Gasteiger partial charge is 0.229 e. The van der Waals surface area contributed by atoms with Crippen LogP contribution in [-0.4, -0.2) is 60.3 Å². The van der Waals surface area contributed by atoms with Crippen LogP contribution < -0.4 is 10.6 Å². The van der Waals surface area contributed by atoms with Crippen LogP contribution in [0.4, 0.5) is 11.6 Å². The molecular weight excluding hydrogens is 448 g/mol. The van der Waals surface area contributed by atoms with Gasteiger partial charge in [0.1, 0.15) is 5.65 Å². The lowest BCUT2D eigenvalue weighted by Gasteiger charge is -2.28. The van der Waals surface area contributed by atoms with Crippen molar-refractivity contribution >= 4 is 32.5 Å². The number of anilines is 2. The lowest BCUT2D eigenvalue weighted by atomic mass is 10.1. The monoisotopic (exact) mass is 476 g/mol. The first kappa shape index (κ1) is 22.5. The molecule has 5 rings (SSSR count). The molecule has 3 heterocycles. The molecule has 9 heteroatoms. The Labute approximate surface area is 199 Å². The Morgan fingerprint density at radius 3 is 2.56 bits per heavy atom. The van der Waals surface area contributed by atoms with E-state index in [1.165, 1.54) is 17.4 Å². The molecule has 8 nitrogen and oxygen atoms in total. The molecule has 0 bridgehead atoms. The minimum Gasteiger partial charge on any atom is -0.324 e. The van der Waals surface area contributed by atoms with E-state index in [-0.39, 0.29) is 0 Å². The fraction of sp³-hybridized carbons (Fsp3) is 0.280. The van der Waals surface area contributed by atoms with E-state index >= 15 is 0 Å². The molecule has 1 saturated heterocycles. The lowest BCUT2D eigenvalue weighted by Crippen LogP contribution is -2.43. The van der Waals surface area contributed by atoms with Crippen LogP contribution in [0.15, 0.2) is 65.8 Å². The standard InChI is InChI=1S/C25H28N6O2S/c1-18-3-4-21(15-20(18)17-30-13-10-26-11-14-30)28-25-27-16-19-9-12-31(24(19)29-25)22-5-7-23(8-6-22)34(2,32)33/h3-9,12,15-16,26H,10-11,13-14,17H2,1-2H3,(H,27,28,29). The van der Waals surface area contributed by atoms with Crippen molar-refractivity contribution in [1.29, 1.82) is 0 Å². The van der Waals surface area contributed by atoms with Crippen molar-refractivity contribution in [3.05, 3.63) is 72.1 Å². The molecule has 0 atom stereocenters. The van der Waals surface area contributed by atoms with Crippen LogP contribution >= 0.6 is 0 Å². The fourth-order valence-corrected chi connectivity index (χ4v) is 4.83. The molecule has 1 aliphatic rings. The van der Waals surface area contributed by atoms with Crippen molar-refractivity contribution in [3.63, 3.8) is 0 Å². The summed E-state index contributed by atoms with van der Waals surface area (Å²) < 4.78 is 25.5. The predicted octanol–water partition coefficient (Wildman–Crippen LogP) is 3.28. The van der Waals surface area contributed by atoms with E-state index in [4.69, 9.17) is 4.98 Å². The fourth-order valence-electron chi connectivity index (χ4n) is 4.20. The summed E-state index contributed by atoms with van der Waals surface area (Å²) in [6.45, 7) is 7.24. The van der Waals surface area contributed by atoms with Gasteiger partial charge in [0, 0.05) is 68.1 Å². The molecule has 2 aromatic carbocycles. The summed E-state index contributed by atoms with van der Waals surface area (Å²) in [7, 11) is -3.24. The number of nitrogens with zero attached hydrogens (tertiary/aromatic N) is 4.